The van der Waals surface area contributed by atoms with Crippen molar-refractivity contribution < 1.29 is 18.5 Å². The Balaban J connectivity index is 1.42. The van der Waals surface area contributed by atoms with E-state index in [9.17, 15) is 23.7 Å². The number of non-ortho nitro benzene ring substituents is 1. The van der Waals surface area contributed by atoms with E-state index in [1.54, 1.807) is 24.3 Å². The molecule has 0 spiro atoms. The number of rotatable bonds is 10. The van der Waals surface area contributed by atoms with Gasteiger partial charge < -0.3 is 16.0 Å². The van der Waals surface area contributed by atoms with Crippen molar-refractivity contribution >= 4 is 35.3 Å². The van der Waals surface area contributed by atoms with Gasteiger partial charge in [-0.2, -0.15) is 15.0 Å². The first-order valence-electron chi connectivity index (χ1n) is 11.1. The number of benzene rings is 3. The van der Waals surface area contributed by atoms with Gasteiger partial charge in [0.2, 0.25) is 17.8 Å². The zero-order chi connectivity index (χ0) is 26.9. The summed E-state index contributed by atoms with van der Waals surface area (Å²) in [4.78, 5) is 35.2. The maximum absolute atomic E-state index is 13.2. The maximum Gasteiger partial charge on any atom is 0.337 e. The van der Waals surface area contributed by atoms with Crippen LogP contribution < -0.4 is 26.8 Å². The molecular formula is C24H21F2N9O3. The van der Waals surface area contributed by atoms with E-state index < -0.39 is 11.0 Å². The normalized spacial score (nSPS) is 10.4. The minimum absolute atomic E-state index is 0.0120. The van der Waals surface area contributed by atoms with Gasteiger partial charge >= 0.3 is 6.03 Å². The van der Waals surface area contributed by atoms with Crippen molar-refractivity contribution in [3.8, 4) is 0 Å². The Bertz CT molecular complexity index is 1340. The Morgan fingerprint density at radius 1 is 0.737 bits per heavy atom. The fraction of sp³-hybridized carbons (Fsp3) is 0.0833. The van der Waals surface area contributed by atoms with Crippen molar-refractivity contribution in [2.24, 2.45) is 0 Å². The Morgan fingerprint density at radius 3 is 1.68 bits per heavy atom. The number of nitrogens with one attached hydrogen (secondary N) is 5. The van der Waals surface area contributed by atoms with Gasteiger partial charge in [-0.15, -0.1) is 0 Å². The van der Waals surface area contributed by atoms with Crippen LogP contribution in [0.3, 0.4) is 0 Å². The van der Waals surface area contributed by atoms with E-state index in [4.69, 9.17) is 0 Å². The molecule has 1 heterocycles. The number of carbonyl (C=O) groups is 1. The van der Waals surface area contributed by atoms with Crippen LogP contribution in [0, 0.1) is 21.7 Å². The zero-order valence-corrected chi connectivity index (χ0v) is 19.6. The Hall–Kier alpha value is -5.40. The molecule has 0 aliphatic rings. The molecule has 12 nitrogen and oxygen atoms in total. The molecule has 4 rings (SSSR count). The number of amides is 2. The fourth-order valence-corrected chi connectivity index (χ4v) is 3.10. The van der Waals surface area contributed by atoms with E-state index in [-0.39, 0.29) is 48.3 Å². The lowest BCUT2D eigenvalue weighted by molar-refractivity contribution is -0.384. The molecule has 3 aromatic carbocycles. The number of urea groups is 1. The van der Waals surface area contributed by atoms with Gasteiger partial charge in [-0.25, -0.2) is 19.0 Å². The summed E-state index contributed by atoms with van der Waals surface area (Å²) in [5, 5.41) is 19.3. The van der Waals surface area contributed by atoms with E-state index in [1.165, 1.54) is 48.5 Å². The lowest BCUT2D eigenvalue weighted by Crippen LogP contribution is -2.34. The second kappa shape index (κ2) is 12.0. The lowest BCUT2D eigenvalue weighted by atomic mass is 10.2. The molecule has 0 fully saturated rings. The van der Waals surface area contributed by atoms with Crippen LogP contribution in [0.4, 0.5) is 42.8 Å². The molecule has 194 valence electrons. The van der Waals surface area contributed by atoms with E-state index >= 15 is 0 Å². The number of carbonyl (C=O) groups excluding carboxylic acids is 1. The smallest absolute Gasteiger partial charge is 0.337 e. The number of nitro benzene ring substituents is 1. The first-order chi connectivity index (χ1) is 18.3. The molecular weight excluding hydrogens is 500 g/mol. The molecule has 0 atom stereocenters. The van der Waals surface area contributed by atoms with Crippen LogP contribution >= 0.6 is 0 Å². The largest absolute Gasteiger partial charge is 0.350 e. The van der Waals surface area contributed by atoms with Gasteiger partial charge in [0.05, 0.1) is 4.92 Å². The first kappa shape index (κ1) is 25.7. The van der Waals surface area contributed by atoms with Crippen molar-refractivity contribution in [3.05, 3.63) is 106 Å². The average molecular weight is 521 g/mol. The van der Waals surface area contributed by atoms with Gasteiger partial charge in [-0.3, -0.25) is 15.5 Å². The third-order valence-corrected chi connectivity index (χ3v) is 4.99. The molecule has 0 bridgehead atoms. The Morgan fingerprint density at radius 2 is 1.21 bits per heavy atom. The summed E-state index contributed by atoms with van der Waals surface area (Å²) in [6.07, 6.45) is 0. The fourth-order valence-electron chi connectivity index (χ4n) is 3.10. The second-order valence-corrected chi connectivity index (χ2v) is 7.77. The molecule has 1 aromatic heterocycles. The molecule has 0 aliphatic carbocycles. The van der Waals surface area contributed by atoms with Crippen LogP contribution in [0.1, 0.15) is 11.1 Å². The zero-order valence-electron chi connectivity index (χ0n) is 19.6. The summed E-state index contributed by atoms with van der Waals surface area (Å²) in [5.74, 6) is -0.407. The first-order valence-corrected chi connectivity index (χ1v) is 11.1. The number of nitro groups is 1. The minimum Gasteiger partial charge on any atom is -0.350 e. The summed E-state index contributed by atoms with van der Waals surface area (Å²) in [7, 11) is 0. The maximum atomic E-state index is 13.2. The number of hydrazine groups is 1. The monoisotopic (exact) mass is 521 g/mol. The highest BCUT2D eigenvalue weighted by Crippen LogP contribution is 2.16. The minimum atomic E-state index is -0.680. The summed E-state index contributed by atoms with van der Waals surface area (Å²) in [6.45, 7) is 0.574. The SMILES string of the molecule is O=C(NNc1nc(NCc2ccc(F)cc2)nc(NCc2ccc(F)cc2)n1)Nc1ccc([N+](=O)[O-])cc1. The average Bonchev–Trinajstić information content (AvgIpc) is 2.91. The third kappa shape index (κ3) is 7.55. The number of hydrogen-bond acceptors (Lipinski definition) is 9. The molecule has 0 aliphatic heterocycles. The van der Waals surface area contributed by atoms with Crippen molar-refractivity contribution in [3.63, 3.8) is 0 Å². The van der Waals surface area contributed by atoms with E-state index in [0.29, 0.717) is 5.69 Å². The van der Waals surface area contributed by atoms with Crippen LogP contribution in [0.5, 0.6) is 0 Å². The highest BCUT2D eigenvalue weighted by atomic mass is 19.1. The highest BCUT2D eigenvalue weighted by Gasteiger charge is 2.10. The van der Waals surface area contributed by atoms with Crippen LogP contribution in [-0.4, -0.2) is 25.9 Å². The molecule has 14 heteroatoms. The molecule has 5 N–H and O–H groups in total. The number of hydrogen-bond donors (Lipinski definition) is 5. The summed E-state index contributed by atoms with van der Waals surface area (Å²) in [6, 6.07) is 16.4. The summed E-state index contributed by atoms with van der Waals surface area (Å²) >= 11 is 0. The number of aromatic nitrogens is 3. The van der Waals surface area contributed by atoms with Gasteiger partial charge in [0, 0.05) is 30.9 Å². The van der Waals surface area contributed by atoms with Crippen LogP contribution in [-0.2, 0) is 13.1 Å². The summed E-state index contributed by atoms with van der Waals surface area (Å²) < 4.78 is 26.4. The second-order valence-electron chi connectivity index (χ2n) is 7.77. The predicted molar refractivity (Wildman–Crippen MR) is 136 cm³/mol. The highest BCUT2D eigenvalue weighted by molar-refractivity contribution is 5.89. The number of halogens is 2. The summed E-state index contributed by atoms with van der Waals surface area (Å²) in [5.41, 5.74) is 6.73. The molecule has 4 aromatic rings. The predicted octanol–water partition coefficient (Wildman–Crippen LogP) is 4.43. The Kier molecular flexibility index (Phi) is 8.13. The van der Waals surface area contributed by atoms with Gasteiger partial charge in [0.25, 0.3) is 5.69 Å². The quantitative estimate of drug-likeness (QED) is 0.150. The van der Waals surface area contributed by atoms with Gasteiger partial charge in [-0.1, -0.05) is 24.3 Å². The standard InChI is InChI=1S/C24H21F2N9O3/c25-17-5-1-15(2-6-17)13-27-21-30-22(28-14-16-3-7-18(26)8-4-16)32-23(31-21)33-34-24(36)29-19-9-11-20(12-10-19)35(37)38/h1-12H,13-14H2,(H2,29,34,36)(H3,27,28,30,31,32,33). The van der Waals surface area contributed by atoms with Crippen LogP contribution in [0.25, 0.3) is 0 Å². The third-order valence-electron chi connectivity index (χ3n) is 4.99. The van der Waals surface area contributed by atoms with Crippen molar-refractivity contribution in [1.29, 1.82) is 0 Å². The van der Waals surface area contributed by atoms with E-state index in [0.717, 1.165) is 11.1 Å². The Labute approximate surface area is 214 Å². The van der Waals surface area contributed by atoms with E-state index in [2.05, 4.69) is 41.8 Å². The van der Waals surface area contributed by atoms with E-state index in [1.807, 2.05) is 0 Å². The van der Waals surface area contributed by atoms with Crippen molar-refractivity contribution in [2.75, 3.05) is 21.4 Å². The number of nitrogens with zero attached hydrogens (tertiary/aromatic N) is 4. The molecule has 2 amide bonds. The lowest BCUT2D eigenvalue weighted by Gasteiger charge is -2.12. The molecule has 0 saturated heterocycles. The van der Waals surface area contributed by atoms with Crippen molar-refractivity contribution in [1.82, 2.24) is 20.4 Å². The molecule has 0 radical (unpaired) electrons. The van der Waals surface area contributed by atoms with Gasteiger partial charge in [0.1, 0.15) is 11.6 Å². The van der Waals surface area contributed by atoms with Crippen molar-refractivity contribution in [2.45, 2.75) is 13.1 Å². The topological polar surface area (TPSA) is 159 Å². The molecule has 0 unspecified atom stereocenters. The molecule has 38 heavy (non-hydrogen) atoms. The van der Waals surface area contributed by atoms with Crippen LogP contribution in [0.15, 0.2) is 72.8 Å². The van der Waals surface area contributed by atoms with Gasteiger partial charge in [-0.05, 0) is 47.5 Å². The number of anilines is 4. The molecule has 0 saturated carbocycles. The van der Waals surface area contributed by atoms with Gasteiger partial charge in [0.15, 0.2) is 0 Å². The van der Waals surface area contributed by atoms with Crippen LogP contribution in [0.2, 0.25) is 0 Å².